The lowest BCUT2D eigenvalue weighted by atomic mass is 10.2. The monoisotopic (exact) mass is 300 g/mol. The molecule has 0 aliphatic carbocycles. The van der Waals surface area contributed by atoms with Crippen LogP contribution in [0.5, 0.6) is 0 Å². The summed E-state index contributed by atoms with van der Waals surface area (Å²) < 4.78 is 0. The van der Waals surface area contributed by atoms with Gasteiger partial charge in [-0.3, -0.25) is 9.59 Å². The van der Waals surface area contributed by atoms with Crippen molar-refractivity contribution < 1.29 is 9.59 Å². The molecule has 2 amide bonds. The molecule has 5 heteroatoms. The van der Waals surface area contributed by atoms with E-state index in [0.29, 0.717) is 11.4 Å². The van der Waals surface area contributed by atoms with E-state index in [1.807, 2.05) is 49.6 Å². The van der Waals surface area contributed by atoms with E-state index >= 15 is 0 Å². The average Bonchev–Trinajstić information content (AvgIpc) is 2.49. The molecule has 0 aliphatic rings. The summed E-state index contributed by atoms with van der Waals surface area (Å²) in [5.74, 6) is -1.37. The highest BCUT2D eigenvalue weighted by Gasteiger charge is 2.14. The Hall–Kier alpha value is -2.27. The number of para-hydroxylation sites is 1. The maximum atomic E-state index is 11.9. The lowest BCUT2D eigenvalue weighted by Gasteiger charge is -2.09. The zero-order chi connectivity index (χ0) is 15.2. The summed E-state index contributed by atoms with van der Waals surface area (Å²) in [5, 5.41) is 5.19. The fourth-order valence-electron chi connectivity index (χ4n) is 1.78. The number of carbonyl (C=O) groups is 2. The number of aryl methyl sites for hydroxylation is 1. The van der Waals surface area contributed by atoms with Crippen LogP contribution in [-0.2, 0) is 9.59 Å². The van der Waals surface area contributed by atoms with Gasteiger partial charge in [0.05, 0.1) is 0 Å². The topological polar surface area (TPSA) is 58.2 Å². The van der Waals surface area contributed by atoms with E-state index in [2.05, 4.69) is 10.6 Å². The number of hydrogen-bond donors (Lipinski definition) is 2. The van der Waals surface area contributed by atoms with Crippen molar-refractivity contribution in [3.8, 4) is 0 Å². The average molecular weight is 300 g/mol. The largest absolute Gasteiger partial charge is 0.318 e. The number of anilines is 2. The third kappa shape index (κ3) is 4.10. The lowest BCUT2D eigenvalue weighted by molar-refractivity contribution is -0.133. The molecule has 2 aromatic rings. The molecule has 4 nitrogen and oxygen atoms in total. The van der Waals surface area contributed by atoms with Crippen LogP contribution in [0.4, 0.5) is 11.4 Å². The maximum absolute atomic E-state index is 11.9. The van der Waals surface area contributed by atoms with Gasteiger partial charge in [-0.15, -0.1) is 11.8 Å². The van der Waals surface area contributed by atoms with E-state index in [0.717, 1.165) is 10.5 Å². The summed E-state index contributed by atoms with van der Waals surface area (Å²) in [7, 11) is 0. The molecular weight excluding hydrogens is 284 g/mol. The molecule has 0 spiro atoms. The second kappa shape index (κ2) is 6.95. The number of nitrogens with one attached hydrogen (secondary N) is 2. The van der Waals surface area contributed by atoms with Crippen molar-refractivity contribution >= 4 is 35.0 Å². The summed E-state index contributed by atoms with van der Waals surface area (Å²) in [5.41, 5.74) is 2.14. The predicted molar refractivity (Wildman–Crippen MR) is 86.7 cm³/mol. The van der Waals surface area contributed by atoms with Gasteiger partial charge in [-0.25, -0.2) is 0 Å². The van der Waals surface area contributed by atoms with Gasteiger partial charge in [0.15, 0.2) is 0 Å². The van der Waals surface area contributed by atoms with E-state index in [-0.39, 0.29) is 0 Å². The summed E-state index contributed by atoms with van der Waals surface area (Å²) in [4.78, 5) is 24.8. The first-order valence-corrected chi connectivity index (χ1v) is 7.64. The van der Waals surface area contributed by atoms with Crippen LogP contribution in [0.15, 0.2) is 53.4 Å². The summed E-state index contributed by atoms with van der Waals surface area (Å²) in [6.07, 6.45) is 1.95. The van der Waals surface area contributed by atoms with Crippen LogP contribution < -0.4 is 10.6 Å². The van der Waals surface area contributed by atoms with Gasteiger partial charge in [0.25, 0.3) is 0 Å². The van der Waals surface area contributed by atoms with Gasteiger partial charge in [-0.05, 0) is 43.0 Å². The smallest absolute Gasteiger partial charge is 0.314 e. The zero-order valence-electron chi connectivity index (χ0n) is 11.8. The molecule has 0 saturated heterocycles. The number of amides is 2. The first-order valence-electron chi connectivity index (χ1n) is 6.42. The molecular formula is C16H16N2O2S. The Kier molecular flexibility index (Phi) is 5.00. The SMILES string of the molecule is CSc1cccc(NC(=O)C(=O)Nc2ccccc2C)c1. The number of thioether (sulfide) groups is 1. The van der Waals surface area contributed by atoms with Crippen molar-refractivity contribution in [3.63, 3.8) is 0 Å². The van der Waals surface area contributed by atoms with Crippen LogP contribution in [0.1, 0.15) is 5.56 Å². The molecule has 0 radical (unpaired) electrons. The van der Waals surface area contributed by atoms with Gasteiger partial charge in [-0.1, -0.05) is 24.3 Å². The molecule has 2 N–H and O–H groups in total. The summed E-state index contributed by atoms with van der Waals surface area (Å²) in [6, 6.07) is 14.7. The third-order valence-electron chi connectivity index (χ3n) is 2.93. The molecule has 2 rings (SSSR count). The second-order valence-electron chi connectivity index (χ2n) is 4.46. The minimum Gasteiger partial charge on any atom is -0.318 e. The highest BCUT2D eigenvalue weighted by Crippen LogP contribution is 2.19. The van der Waals surface area contributed by atoms with Crippen LogP contribution in [0, 0.1) is 6.92 Å². The standard InChI is InChI=1S/C16H16N2O2S/c1-11-6-3-4-9-14(11)18-16(20)15(19)17-12-7-5-8-13(10-12)21-2/h3-10H,1-2H3,(H,17,19)(H,18,20). The second-order valence-corrected chi connectivity index (χ2v) is 5.33. The van der Waals surface area contributed by atoms with Gasteiger partial charge in [0.1, 0.15) is 0 Å². The molecule has 0 heterocycles. The molecule has 0 unspecified atom stereocenters. The molecule has 2 aromatic carbocycles. The number of carbonyl (C=O) groups excluding carboxylic acids is 2. The van der Waals surface area contributed by atoms with E-state index in [9.17, 15) is 9.59 Å². The van der Waals surface area contributed by atoms with Gasteiger partial charge >= 0.3 is 11.8 Å². The van der Waals surface area contributed by atoms with Crippen molar-refractivity contribution in [1.82, 2.24) is 0 Å². The van der Waals surface area contributed by atoms with Crippen LogP contribution in [0.2, 0.25) is 0 Å². The molecule has 21 heavy (non-hydrogen) atoms. The van der Waals surface area contributed by atoms with E-state index in [1.165, 1.54) is 0 Å². The van der Waals surface area contributed by atoms with Crippen LogP contribution in [-0.4, -0.2) is 18.1 Å². The first-order chi connectivity index (χ1) is 10.1. The number of rotatable bonds is 3. The van der Waals surface area contributed by atoms with Crippen molar-refractivity contribution in [1.29, 1.82) is 0 Å². The Morgan fingerprint density at radius 1 is 0.952 bits per heavy atom. The predicted octanol–water partition coefficient (Wildman–Crippen LogP) is 3.29. The molecule has 0 atom stereocenters. The van der Waals surface area contributed by atoms with E-state index in [4.69, 9.17) is 0 Å². The molecule has 0 fully saturated rings. The van der Waals surface area contributed by atoms with Crippen LogP contribution in [0.3, 0.4) is 0 Å². The van der Waals surface area contributed by atoms with E-state index < -0.39 is 11.8 Å². The van der Waals surface area contributed by atoms with Gasteiger partial charge in [-0.2, -0.15) is 0 Å². The highest BCUT2D eigenvalue weighted by molar-refractivity contribution is 7.98. The van der Waals surface area contributed by atoms with Crippen molar-refractivity contribution in [3.05, 3.63) is 54.1 Å². The fourth-order valence-corrected chi connectivity index (χ4v) is 2.24. The quantitative estimate of drug-likeness (QED) is 0.675. The minimum absolute atomic E-state index is 0.604. The summed E-state index contributed by atoms with van der Waals surface area (Å²) >= 11 is 1.57. The third-order valence-corrected chi connectivity index (χ3v) is 3.65. The normalized spacial score (nSPS) is 10.0. The van der Waals surface area contributed by atoms with Crippen LogP contribution in [0.25, 0.3) is 0 Å². The minimum atomic E-state index is -0.684. The molecule has 0 aliphatic heterocycles. The Labute approximate surface area is 127 Å². The lowest BCUT2D eigenvalue weighted by Crippen LogP contribution is -2.29. The number of benzene rings is 2. The Morgan fingerprint density at radius 3 is 2.38 bits per heavy atom. The zero-order valence-corrected chi connectivity index (χ0v) is 12.7. The fraction of sp³-hybridized carbons (Fsp3) is 0.125. The first kappa shape index (κ1) is 15.1. The Bertz CT molecular complexity index is 671. The molecule has 0 aromatic heterocycles. The summed E-state index contributed by atoms with van der Waals surface area (Å²) in [6.45, 7) is 1.87. The molecule has 108 valence electrons. The molecule has 0 bridgehead atoms. The van der Waals surface area contributed by atoms with Gasteiger partial charge in [0, 0.05) is 16.3 Å². The Morgan fingerprint density at radius 2 is 1.67 bits per heavy atom. The van der Waals surface area contributed by atoms with E-state index in [1.54, 1.807) is 23.9 Å². The maximum Gasteiger partial charge on any atom is 0.314 e. The van der Waals surface area contributed by atoms with Crippen molar-refractivity contribution in [2.24, 2.45) is 0 Å². The van der Waals surface area contributed by atoms with Crippen molar-refractivity contribution in [2.45, 2.75) is 11.8 Å². The van der Waals surface area contributed by atoms with Gasteiger partial charge in [0.2, 0.25) is 0 Å². The number of hydrogen-bond acceptors (Lipinski definition) is 3. The van der Waals surface area contributed by atoms with Gasteiger partial charge < -0.3 is 10.6 Å². The van der Waals surface area contributed by atoms with Crippen LogP contribution >= 0.6 is 11.8 Å². The van der Waals surface area contributed by atoms with Crippen molar-refractivity contribution in [2.75, 3.05) is 16.9 Å². The Balaban J connectivity index is 2.03. The molecule has 0 saturated carbocycles. The highest BCUT2D eigenvalue weighted by atomic mass is 32.2.